The molecule has 0 amide bonds. The largest absolute Gasteiger partial charge is 0.488 e. The highest BCUT2D eigenvalue weighted by Gasteiger charge is 2.09. The molecule has 0 atom stereocenters. The normalized spacial score (nSPS) is 10.4. The Morgan fingerprint density at radius 1 is 1.10 bits per heavy atom. The van der Waals surface area contributed by atoms with Crippen molar-refractivity contribution in [1.82, 2.24) is 4.98 Å². The number of rotatable bonds is 4. The SMILES string of the molecule is COc1cc(COc2c(C)cc(C)cc2C)c(F)cn1. The molecule has 0 saturated heterocycles. The molecule has 0 N–H and O–H groups in total. The summed E-state index contributed by atoms with van der Waals surface area (Å²) in [7, 11) is 1.50. The summed E-state index contributed by atoms with van der Waals surface area (Å²) < 4.78 is 24.4. The van der Waals surface area contributed by atoms with Crippen molar-refractivity contribution in [2.45, 2.75) is 27.4 Å². The minimum absolute atomic E-state index is 0.148. The van der Waals surface area contributed by atoms with Crippen LogP contribution in [0.4, 0.5) is 4.39 Å². The van der Waals surface area contributed by atoms with Crippen LogP contribution >= 0.6 is 0 Å². The van der Waals surface area contributed by atoms with Gasteiger partial charge in [-0.05, 0) is 31.9 Å². The number of ether oxygens (including phenoxy) is 2. The lowest BCUT2D eigenvalue weighted by Crippen LogP contribution is -2.03. The third kappa shape index (κ3) is 3.07. The molecule has 0 fully saturated rings. The highest BCUT2D eigenvalue weighted by Crippen LogP contribution is 2.26. The van der Waals surface area contributed by atoms with Gasteiger partial charge in [-0.2, -0.15) is 0 Å². The van der Waals surface area contributed by atoms with Crippen molar-refractivity contribution in [2.24, 2.45) is 0 Å². The first-order chi connectivity index (χ1) is 9.51. The quantitative estimate of drug-likeness (QED) is 0.852. The summed E-state index contributed by atoms with van der Waals surface area (Å²) in [4.78, 5) is 3.81. The van der Waals surface area contributed by atoms with E-state index < -0.39 is 5.82 Å². The minimum atomic E-state index is -0.395. The molecule has 0 radical (unpaired) electrons. The molecular formula is C16H18FNO2. The van der Waals surface area contributed by atoms with Gasteiger partial charge in [-0.15, -0.1) is 0 Å². The van der Waals surface area contributed by atoms with Crippen LogP contribution in [0.5, 0.6) is 11.6 Å². The molecule has 1 heterocycles. The maximum Gasteiger partial charge on any atom is 0.213 e. The van der Waals surface area contributed by atoms with Crippen LogP contribution in [0.1, 0.15) is 22.3 Å². The third-order valence-corrected chi connectivity index (χ3v) is 3.10. The predicted molar refractivity (Wildman–Crippen MR) is 75.7 cm³/mol. The van der Waals surface area contributed by atoms with E-state index in [4.69, 9.17) is 9.47 Å². The number of aromatic nitrogens is 1. The van der Waals surface area contributed by atoms with Gasteiger partial charge in [-0.3, -0.25) is 0 Å². The molecule has 0 aliphatic rings. The van der Waals surface area contributed by atoms with Crippen LogP contribution in [0.2, 0.25) is 0 Å². The molecule has 3 nitrogen and oxygen atoms in total. The van der Waals surface area contributed by atoms with Gasteiger partial charge in [0.2, 0.25) is 5.88 Å². The molecule has 0 saturated carbocycles. The molecule has 0 unspecified atom stereocenters. The minimum Gasteiger partial charge on any atom is -0.488 e. The fraction of sp³-hybridized carbons (Fsp3) is 0.312. The van der Waals surface area contributed by atoms with Gasteiger partial charge in [-0.1, -0.05) is 17.7 Å². The molecule has 2 rings (SSSR count). The van der Waals surface area contributed by atoms with Gasteiger partial charge >= 0.3 is 0 Å². The van der Waals surface area contributed by atoms with Crippen molar-refractivity contribution in [3.8, 4) is 11.6 Å². The second kappa shape index (κ2) is 5.90. The molecule has 0 aliphatic heterocycles. The van der Waals surface area contributed by atoms with E-state index in [9.17, 15) is 4.39 Å². The highest BCUT2D eigenvalue weighted by molar-refractivity contribution is 5.43. The second-order valence-corrected chi connectivity index (χ2v) is 4.83. The molecule has 1 aromatic carbocycles. The number of halogens is 1. The summed E-state index contributed by atoms with van der Waals surface area (Å²) in [5.74, 6) is 0.779. The van der Waals surface area contributed by atoms with Crippen molar-refractivity contribution >= 4 is 0 Å². The van der Waals surface area contributed by atoms with Crippen molar-refractivity contribution in [1.29, 1.82) is 0 Å². The van der Waals surface area contributed by atoms with Gasteiger partial charge in [0.05, 0.1) is 13.3 Å². The zero-order valence-corrected chi connectivity index (χ0v) is 12.2. The molecule has 0 bridgehead atoms. The monoisotopic (exact) mass is 275 g/mol. The van der Waals surface area contributed by atoms with E-state index >= 15 is 0 Å². The summed E-state index contributed by atoms with van der Waals surface area (Å²) in [6.45, 7) is 6.16. The summed E-state index contributed by atoms with van der Waals surface area (Å²) >= 11 is 0. The van der Waals surface area contributed by atoms with Crippen LogP contribution in [0.25, 0.3) is 0 Å². The number of hydrogen-bond acceptors (Lipinski definition) is 3. The smallest absolute Gasteiger partial charge is 0.213 e. The Morgan fingerprint density at radius 3 is 2.35 bits per heavy atom. The Labute approximate surface area is 118 Å². The summed E-state index contributed by atoms with van der Waals surface area (Å²) in [5.41, 5.74) is 3.70. The Balaban J connectivity index is 2.21. The van der Waals surface area contributed by atoms with E-state index in [1.807, 2.05) is 32.9 Å². The van der Waals surface area contributed by atoms with E-state index in [1.54, 1.807) is 6.07 Å². The molecule has 20 heavy (non-hydrogen) atoms. The van der Waals surface area contributed by atoms with Gasteiger partial charge in [0, 0.05) is 11.6 Å². The highest BCUT2D eigenvalue weighted by atomic mass is 19.1. The molecule has 4 heteroatoms. The lowest BCUT2D eigenvalue weighted by molar-refractivity contribution is 0.293. The predicted octanol–water partition coefficient (Wildman–Crippen LogP) is 3.73. The lowest BCUT2D eigenvalue weighted by atomic mass is 10.1. The summed E-state index contributed by atoms with van der Waals surface area (Å²) in [6, 6.07) is 5.64. The Bertz CT molecular complexity index is 603. The number of nitrogens with zero attached hydrogens (tertiary/aromatic N) is 1. The van der Waals surface area contributed by atoms with E-state index in [1.165, 1.54) is 12.7 Å². The second-order valence-electron chi connectivity index (χ2n) is 4.83. The fourth-order valence-corrected chi connectivity index (χ4v) is 2.23. The van der Waals surface area contributed by atoms with Gasteiger partial charge < -0.3 is 9.47 Å². The van der Waals surface area contributed by atoms with Crippen molar-refractivity contribution in [3.05, 3.63) is 52.5 Å². The number of pyridine rings is 1. The molecular weight excluding hydrogens is 257 g/mol. The van der Waals surface area contributed by atoms with Gasteiger partial charge in [0.25, 0.3) is 0 Å². The number of hydrogen-bond donors (Lipinski definition) is 0. The van der Waals surface area contributed by atoms with Gasteiger partial charge in [0.1, 0.15) is 18.2 Å². The first-order valence-corrected chi connectivity index (χ1v) is 6.40. The van der Waals surface area contributed by atoms with E-state index in [-0.39, 0.29) is 6.61 Å². The first kappa shape index (κ1) is 14.3. The molecule has 0 spiro atoms. The average Bonchev–Trinajstić information content (AvgIpc) is 2.39. The maximum absolute atomic E-state index is 13.7. The Hall–Kier alpha value is -2.10. The van der Waals surface area contributed by atoms with Crippen molar-refractivity contribution in [3.63, 3.8) is 0 Å². The summed E-state index contributed by atoms with van der Waals surface area (Å²) in [5, 5.41) is 0. The number of aryl methyl sites for hydroxylation is 3. The molecule has 1 aromatic heterocycles. The van der Waals surface area contributed by atoms with Crippen LogP contribution in [0.3, 0.4) is 0 Å². The van der Waals surface area contributed by atoms with Crippen LogP contribution in [0.15, 0.2) is 24.4 Å². The van der Waals surface area contributed by atoms with Gasteiger partial charge in [0.15, 0.2) is 0 Å². The third-order valence-electron chi connectivity index (χ3n) is 3.10. The standard InChI is InChI=1S/C16H18FNO2/c1-10-5-11(2)16(12(3)6-10)20-9-13-7-15(19-4)18-8-14(13)17/h5-8H,9H2,1-4H3. The van der Waals surface area contributed by atoms with Crippen LogP contribution in [-0.2, 0) is 6.61 Å². The zero-order valence-electron chi connectivity index (χ0n) is 12.2. The van der Waals surface area contributed by atoms with E-state index in [0.717, 1.165) is 23.1 Å². The van der Waals surface area contributed by atoms with Crippen molar-refractivity contribution in [2.75, 3.05) is 7.11 Å². The number of methoxy groups -OCH3 is 1. The Morgan fingerprint density at radius 2 is 1.75 bits per heavy atom. The van der Waals surface area contributed by atoms with Crippen LogP contribution in [-0.4, -0.2) is 12.1 Å². The molecule has 0 aliphatic carbocycles. The van der Waals surface area contributed by atoms with Gasteiger partial charge in [-0.25, -0.2) is 9.37 Å². The van der Waals surface area contributed by atoms with Crippen LogP contribution < -0.4 is 9.47 Å². The van der Waals surface area contributed by atoms with E-state index in [0.29, 0.717) is 11.4 Å². The zero-order chi connectivity index (χ0) is 14.7. The van der Waals surface area contributed by atoms with Crippen molar-refractivity contribution < 1.29 is 13.9 Å². The topological polar surface area (TPSA) is 31.4 Å². The molecule has 2 aromatic rings. The maximum atomic E-state index is 13.7. The first-order valence-electron chi connectivity index (χ1n) is 6.40. The van der Waals surface area contributed by atoms with Crippen LogP contribution in [0, 0.1) is 26.6 Å². The lowest BCUT2D eigenvalue weighted by Gasteiger charge is -2.13. The fourth-order valence-electron chi connectivity index (χ4n) is 2.23. The Kier molecular flexibility index (Phi) is 4.23. The number of benzene rings is 1. The van der Waals surface area contributed by atoms with E-state index in [2.05, 4.69) is 4.98 Å². The average molecular weight is 275 g/mol. The summed E-state index contributed by atoms with van der Waals surface area (Å²) in [6.07, 6.45) is 1.15. The molecule has 106 valence electrons.